The number of imidazole rings is 1. The summed E-state index contributed by atoms with van der Waals surface area (Å²) in [5.74, 6) is 0. The van der Waals surface area contributed by atoms with Crippen molar-refractivity contribution in [3.8, 4) is 0 Å². The molecule has 0 aliphatic carbocycles. The van der Waals surface area contributed by atoms with Crippen molar-refractivity contribution in [1.82, 2.24) is 14.9 Å². The van der Waals surface area contributed by atoms with Gasteiger partial charge in [0.2, 0.25) is 0 Å². The fourth-order valence-corrected chi connectivity index (χ4v) is 1.78. The van der Waals surface area contributed by atoms with Crippen LogP contribution in [0, 0.1) is 0 Å². The standard InChI is InChI=1S/C13H25N3/c1-6-7-11(2)16-10-14-8-12(16)9-15-13(3,4)5/h8,10-11,15H,6-7,9H2,1-5H3. The normalized spacial score (nSPS) is 14.1. The first-order valence-corrected chi connectivity index (χ1v) is 6.19. The van der Waals surface area contributed by atoms with Crippen LogP contribution < -0.4 is 5.32 Å². The fourth-order valence-electron chi connectivity index (χ4n) is 1.78. The Kier molecular flexibility index (Phi) is 4.54. The fraction of sp³-hybridized carbons (Fsp3) is 0.769. The van der Waals surface area contributed by atoms with Crippen molar-refractivity contribution in [1.29, 1.82) is 0 Å². The molecule has 0 fully saturated rings. The molecule has 0 saturated carbocycles. The molecule has 1 aromatic heterocycles. The van der Waals surface area contributed by atoms with Crippen molar-refractivity contribution < 1.29 is 0 Å². The molecule has 1 aromatic rings. The third-order valence-corrected chi connectivity index (χ3v) is 2.73. The van der Waals surface area contributed by atoms with Gasteiger partial charge in [0, 0.05) is 24.3 Å². The largest absolute Gasteiger partial charge is 0.331 e. The van der Waals surface area contributed by atoms with Crippen LogP contribution >= 0.6 is 0 Å². The lowest BCUT2D eigenvalue weighted by Crippen LogP contribution is -2.35. The van der Waals surface area contributed by atoms with Gasteiger partial charge in [0.05, 0.1) is 12.0 Å². The van der Waals surface area contributed by atoms with E-state index in [1.54, 1.807) is 0 Å². The van der Waals surface area contributed by atoms with Crippen LogP contribution in [0.2, 0.25) is 0 Å². The Bertz CT molecular complexity index is 309. The maximum atomic E-state index is 4.25. The highest BCUT2D eigenvalue weighted by atomic mass is 15.1. The molecule has 1 heterocycles. The number of hydrogen-bond acceptors (Lipinski definition) is 2. The molecular weight excluding hydrogens is 198 g/mol. The first kappa shape index (κ1) is 13.2. The van der Waals surface area contributed by atoms with E-state index < -0.39 is 0 Å². The molecule has 0 aliphatic heterocycles. The molecule has 0 spiro atoms. The molecule has 3 heteroatoms. The zero-order chi connectivity index (χ0) is 12.2. The Hall–Kier alpha value is -0.830. The van der Waals surface area contributed by atoms with Crippen molar-refractivity contribution >= 4 is 0 Å². The number of aromatic nitrogens is 2. The predicted molar refractivity (Wildman–Crippen MR) is 68.4 cm³/mol. The topological polar surface area (TPSA) is 29.9 Å². The van der Waals surface area contributed by atoms with Crippen LogP contribution in [0.1, 0.15) is 59.2 Å². The second kappa shape index (κ2) is 5.48. The molecule has 1 unspecified atom stereocenters. The van der Waals surface area contributed by atoms with Gasteiger partial charge in [-0.25, -0.2) is 4.98 Å². The number of hydrogen-bond donors (Lipinski definition) is 1. The molecule has 0 saturated heterocycles. The van der Waals surface area contributed by atoms with Crippen molar-refractivity contribution in [2.24, 2.45) is 0 Å². The molecule has 0 aromatic carbocycles. The number of nitrogens with zero attached hydrogens (tertiary/aromatic N) is 2. The number of rotatable bonds is 5. The molecule has 0 aliphatic rings. The third-order valence-electron chi connectivity index (χ3n) is 2.73. The Morgan fingerprint density at radius 1 is 1.44 bits per heavy atom. The molecule has 92 valence electrons. The molecule has 1 atom stereocenters. The molecule has 0 bridgehead atoms. The van der Waals surface area contributed by atoms with Crippen LogP contribution in [-0.2, 0) is 6.54 Å². The predicted octanol–water partition coefficient (Wildman–Crippen LogP) is 3.13. The Morgan fingerprint density at radius 2 is 2.12 bits per heavy atom. The maximum Gasteiger partial charge on any atom is 0.0951 e. The second-order valence-electron chi connectivity index (χ2n) is 5.53. The minimum absolute atomic E-state index is 0.156. The van der Waals surface area contributed by atoms with Gasteiger partial charge in [0.25, 0.3) is 0 Å². The minimum atomic E-state index is 0.156. The van der Waals surface area contributed by atoms with E-state index in [-0.39, 0.29) is 5.54 Å². The van der Waals surface area contributed by atoms with Gasteiger partial charge < -0.3 is 9.88 Å². The van der Waals surface area contributed by atoms with Crippen molar-refractivity contribution in [3.05, 3.63) is 18.2 Å². The summed E-state index contributed by atoms with van der Waals surface area (Å²) in [7, 11) is 0. The smallest absolute Gasteiger partial charge is 0.0951 e. The summed E-state index contributed by atoms with van der Waals surface area (Å²) in [5.41, 5.74) is 1.43. The van der Waals surface area contributed by atoms with Gasteiger partial charge in [-0.1, -0.05) is 13.3 Å². The zero-order valence-corrected chi connectivity index (χ0v) is 11.2. The van der Waals surface area contributed by atoms with Crippen molar-refractivity contribution in [3.63, 3.8) is 0 Å². The van der Waals surface area contributed by atoms with Crippen LogP contribution in [0.25, 0.3) is 0 Å². The van der Waals surface area contributed by atoms with E-state index in [2.05, 4.69) is 49.5 Å². The van der Waals surface area contributed by atoms with E-state index in [9.17, 15) is 0 Å². The highest BCUT2D eigenvalue weighted by Gasteiger charge is 2.12. The first-order valence-electron chi connectivity index (χ1n) is 6.19. The van der Waals surface area contributed by atoms with Crippen LogP contribution in [-0.4, -0.2) is 15.1 Å². The average molecular weight is 223 g/mol. The molecule has 1 rings (SSSR count). The maximum absolute atomic E-state index is 4.25. The third kappa shape index (κ3) is 3.97. The molecule has 0 amide bonds. The van der Waals surface area contributed by atoms with Gasteiger partial charge in [-0.15, -0.1) is 0 Å². The lowest BCUT2D eigenvalue weighted by molar-refractivity contribution is 0.404. The van der Waals surface area contributed by atoms with E-state index in [1.807, 2.05) is 12.5 Å². The lowest BCUT2D eigenvalue weighted by atomic mass is 10.1. The summed E-state index contributed by atoms with van der Waals surface area (Å²) < 4.78 is 2.28. The van der Waals surface area contributed by atoms with Crippen molar-refractivity contribution in [2.75, 3.05) is 0 Å². The lowest BCUT2D eigenvalue weighted by Gasteiger charge is -2.22. The van der Waals surface area contributed by atoms with Crippen molar-refractivity contribution in [2.45, 2.75) is 65.6 Å². The van der Waals surface area contributed by atoms with Gasteiger partial charge in [0.15, 0.2) is 0 Å². The summed E-state index contributed by atoms with van der Waals surface area (Å²) >= 11 is 0. The van der Waals surface area contributed by atoms with Gasteiger partial charge >= 0.3 is 0 Å². The summed E-state index contributed by atoms with van der Waals surface area (Å²) in [6.07, 6.45) is 6.33. The Morgan fingerprint density at radius 3 is 2.69 bits per heavy atom. The summed E-state index contributed by atoms with van der Waals surface area (Å²) in [6.45, 7) is 11.9. The molecule has 16 heavy (non-hydrogen) atoms. The quantitative estimate of drug-likeness (QED) is 0.831. The van der Waals surface area contributed by atoms with E-state index in [4.69, 9.17) is 0 Å². The van der Waals surface area contributed by atoms with Gasteiger partial charge in [-0.3, -0.25) is 0 Å². The number of nitrogens with one attached hydrogen (secondary N) is 1. The highest BCUT2D eigenvalue weighted by molar-refractivity contribution is 5.00. The first-order chi connectivity index (χ1) is 7.44. The molecular formula is C13H25N3. The van der Waals surface area contributed by atoms with E-state index in [1.165, 1.54) is 18.5 Å². The monoisotopic (exact) mass is 223 g/mol. The summed E-state index contributed by atoms with van der Waals surface area (Å²) in [6, 6.07) is 0.546. The Labute approximate surface area is 99.3 Å². The summed E-state index contributed by atoms with van der Waals surface area (Å²) in [5, 5.41) is 3.50. The van der Waals surface area contributed by atoms with Crippen LogP contribution in [0.15, 0.2) is 12.5 Å². The second-order valence-corrected chi connectivity index (χ2v) is 5.53. The SMILES string of the molecule is CCCC(C)n1cncc1CNC(C)(C)C. The molecule has 0 radical (unpaired) electrons. The van der Waals surface area contributed by atoms with Gasteiger partial charge in [0.1, 0.15) is 0 Å². The van der Waals surface area contributed by atoms with Crippen LogP contribution in [0.4, 0.5) is 0 Å². The van der Waals surface area contributed by atoms with Gasteiger partial charge in [-0.05, 0) is 34.1 Å². The van der Waals surface area contributed by atoms with E-state index in [0.29, 0.717) is 6.04 Å². The van der Waals surface area contributed by atoms with Crippen LogP contribution in [0.5, 0.6) is 0 Å². The van der Waals surface area contributed by atoms with E-state index in [0.717, 1.165) is 6.54 Å². The minimum Gasteiger partial charge on any atom is -0.331 e. The molecule has 3 nitrogen and oxygen atoms in total. The molecule has 1 N–H and O–H groups in total. The zero-order valence-electron chi connectivity index (χ0n) is 11.2. The average Bonchev–Trinajstić information content (AvgIpc) is 2.61. The Balaban J connectivity index is 2.63. The van der Waals surface area contributed by atoms with Gasteiger partial charge in [-0.2, -0.15) is 0 Å². The summed E-state index contributed by atoms with van der Waals surface area (Å²) in [4.78, 5) is 4.25. The van der Waals surface area contributed by atoms with E-state index >= 15 is 0 Å². The van der Waals surface area contributed by atoms with Crippen LogP contribution in [0.3, 0.4) is 0 Å². The highest BCUT2D eigenvalue weighted by Crippen LogP contribution is 2.15.